The first-order chi connectivity index (χ1) is 7.38. The standard InChI is InChI=1S/C11H21NO4/c1-5-16-11(15)9(6-7(2)3)12-8(4)10(13)14/h7-9,12H,5-6H2,1-4H3,(H,13,14)/t8-,9-/m0/s1. The Morgan fingerprint density at radius 3 is 2.25 bits per heavy atom. The van der Waals surface area contributed by atoms with E-state index in [1.165, 1.54) is 6.92 Å². The SMILES string of the molecule is CCOC(=O)[C@H](CC(C)C)N[C@@H](C)C(=O)O. The summed E-state index contributed by atoms with van der Waals surface area (Å²) < 4.78 is 4.89. The lowest BCUT2D eigenvalue weighted by Gasteiger charge is -2.21. The van der Waals surface area contributed by atoms with Gasteiger partial charge in [-0.15, -0.1) is 0 Å². The Morgan fingerprint density at radius 2 is 1.88 bits per heavy atom. The minimum absolute atomic E-state index is 0.294. The minimum atomic E-state index is -0.974. The number of hydrogen-bond donors (Lipinski definition) is 2. The number of esters is 1. The molecule has 94 valence electrons. The molecular formula is C11H21NO4. The Morgan fingerprint density at radius 1 is 1.31 bits per heavy atom. The first-order valence-corrected chi connectivity index (χ1v) is 5.54. The van der Waals surface area contributed by atoms with Gasteiger partial charge < -0.3 is 9.84 Å². The predicted molar refractivity (Wildman–Crippen MR) is 60.1 cm³/mol. The van der Waals surface area contributed by atoms with Crippen LogP contribution in [0.2, 0.25) is 0 Å². The van der Waals surface area contributed by atoms with E-state index in [9.17, 15) is 9.59 Å². The number of carbonyl (C=O) groups excluding carboxylic acids is 1. The van der Waals surface area contributed by atoms with Crippen LogP contribution in [0.1, 0.15) is 34.1 Å². The monoisotopic (exact) mass is 231 g/mol. The first kappa shape index (κ1) is 14.9. The average Bonchev–Trinajstić information content (AvgIpc) is 2.16. The van der Waals surface area contributed by atoms with Gasteiger partial charge in [-0.2, -0.15) is 0 Å². The molecule has 0 saturated carbocycles. The van der Waals surface area contributed by atoms with Crippen molar-refractivity contribution >= 4 is 11.9 Å². The van der Waals surface area contributed by atoms with Crippen molar-refractivity contribution in [3.05, 3.63) is 0 Å². The zero-order valence-electron chi connectivity index (χ0n) is 10.3. The van der Waals surface area contributed by atoms with Crippen LogP contribution in [-0.4, -0.2) is 35.7 Å². The molecule has 0 aliphatic heterocycles. The highest BCUT2D eigenvalue weighted by Gasteiger charge is 2.24. The zero-order chi connectivity index (χ0) is 12.7. The number of aliphatic carboxylic acids is 1. The quantitative estimate of drug-likeness (QED) is 0.640. The molecule has 0 spiro atoms. The number of ether oxygens (including phenoxy) is 1. The summed E-state index contributed by atoms with van der Waals surface area (Å²) in [5.74, 6) is -1.06. The first-order valence-electron chi connectivity index (χ1n) is 5.54. The molecular weight excluding hydrogens is 210 g/mol. The molecule has 2 N–H and O–H groups in total. The van der Waals surface area contributed by atoms with E-state index in [1.807, 2.05) is 13.8 Å². The van der Waals surface area contributed by atoms with Gasteiger partial charge in [0.25, 0.3) is 0 Å². The third-order valence-corrected chi connectivity index (χ3v) is 2.10. The van der Waals surface area contributed by atoms with Crippen molar-refractivity contribution in [2.45, 2.75) is 46.2 Å². The molecule has 16 heavy (non-hydrogen) atoms. The normalized spacial score (nSPS) is 14.6. The van der Waals surface area contributed by atoms with E-state index in [1.54, 1.807) is 6.92 Å². The summed E-state index contributed by atoms with van der Waals surface area (Å²) in [6, 6.07) is -1.31. The van der Waals surface area contributed by atoms with E-state index in [4.69, 9.17) is 9.84 Å². The van der Waals surface area contributed by atoms with Crippen molar-refractivity contribution in [1.29, 1.82) is 0 Å². The molecule has 5 heteroatoms. The van der Waals surface area contributed by atoms with Gasteiger partial charge in [0.2, 0.25) is 0 Å². The lowest BCUT2D eigenvalue weighted by molar-refractivity contribution is -0.147. The summed E-state index contributed by atoms with van der Waals surface area (Å²) in [6.45, 7) is 7.48. The maximum absolute atomic E-state index is 11.6. The molecule has 0 aromatic heterocycles. The maximum Gasteiger partial charge on any atom is 0.323 e. The Bertz CT molecular complexity index is 240. The van der Waals surface area contributed by atoms with E-state index < -0.39 is 18.1 Å². The molecule has 0 saturated heterocycles. The molecule has 0 bridgehead atoms. The second-order valence-electron chi connectivity index (χ2n) is 4.16. The minimum Gasteiger partial charge on any atom is -0.480 e. The highest BCUT2D eigenvalue weighted by Crippen LogP contribution is 2.07. The number of carboxylic acid groups (broad SMARTS) is 1. The molecule has 0 aliphatic rings. The van der Waals surface area contributed by atoms with Crippen molar-refractivity contribution < 1.29 is 19.4 Å². The summed E-state index contributed by atoms with van der Waals surface area (Å²) in [7, 11) is 0. The Hall–Kier alpha value is -1.10. The smallest absolute Gasteiger partial charge is 0.323 e. The van der Waals surface area contributed by atoms with Crippen molar-refractivity contribution in [3.63, 3.8) is 0 Å². The largest absolute Gasteiger partial charge is 0.480 e. The average molecular weight is 231 g/mol. The molecule has 0 amide bonds. The fraction of sp³-hybridized carbons (Fsp3) is 0.818. The Balaban J connectivity index is 4.42. The molecule has 0 unspecified atom stereocenters. The van der Waals surface area contributed by atoms with Gasteiger partial charge in [0.05, 0.1) is 6.61 Å². The van der Waals surface area contributed by atoms with Crippen molar-refractivity contribution in [2.24, 2.45) is 5.92 Å². The van der Waals surface area contributed by atoms with E-state index in [-0.39, 0.29) is 5.97 Å². The second kappa shape index (κ2) is 7.22. The van der Waals surface area contributed by atoms with Crippen LogP contribution in [0.3, 0.4) is 0 Å². The highest BCUT2D eigenvalue weighted by atomic mass is 16.5. The van der Waals surface area contributed by atoms with Crippen molar-refractivity contribution in [2.75, 3.05) is 6.61 Å². The molecule has 0 rings (SSSR count). The third kappa shape index (κ3) is 5.70. The van der Waals surface area contributed by atoms with E-state index in [2.05, 4.69) is 5.32 Å². The van der Waals surface area contributed by atoms with Crippen LogP contribution < -0.4 is 5.32 Å². The van der Waals surface area contributed by atoms with E-state index in [0.717, 1.165) is 0 Å². The fourth-order valence-corrected chi connectivity index (χ4v) is 1.32. The summed E-state index contributed by atoms with van der Waals surface area (Å²) in [4.78, 5) is 22.2. The van der Waals surface area contributed by atoms with Crippen molar-refractivity contribution in [3.8, 4) is 0 Å². The van der Waals surface area contributed by atoms with E-state index in [0.29, 0.717) is 18.9 Å². The predicted octanol–water partition coefficient (Wildman–Crippen LogP) is 1.03. The number of rotatable bonds is 7. The third-order valence-electron chi connectivity index (χ3n) is 2.10. The molecule has 0 aromatic carbocycles. The van der Waals surface area contributed by atoms with Gasteiger partial charge >= 0.3 is 11.9 Å². The molecule has 5 nitrogen and oxygen atoms in total. The van der Waals surface area contributed by atoms with E-state index >= 15 is 0 Å². The van der Waals surface area contributed by atoms with Crippen molar-refractivity contribution in [1.82, 2.24) is 5.32 Å². The van der Waals surface area contributed by atoms with Crippen LogP contribution in [0.15, 0.2) is 0 Å². The van der Waals surface area contributed by atoms with Gasteiger partial charge in [-0.25, -0.2) is 0 Å². The van der Waals surface area contributed by atoms with Crippen LogP contribution in [0.4, 0.5) is 0 Å². The molecule has 0 aliphatic carbocycles. The summed E-state index contributed by atoms with van der Waals surface area (Å²) in [5, 5.41) is 11.5. The Kier molecular flexibility index (Phi) is 6.72. The summed E-state index contributed by atoms with van der Waals surface area (Å²) in [5.41, 5.74) is 0. The zero-order valence-corrected chi connectivity index (χ0v) is 10.3. The lowest BCUT2D eigenvalue weighted by Crippen LogP contribution is -2.46. The van der Waals surface area contributed by atoms with Crippen LogP contribution in [0.25, 0.3) is 0 Å². The topological polar surface area (TPSA) is 75.6 Å². The van der Waals surface area contributed by atoms with Gasteiger partial charge in [0.1, 0.15) is 12.1 Å². The molecule has 0 aromatic rings. The molecule has 0 heterocycles. The molecule has 0 fully saturated rings. The maximum atomic E-state index is 11.6. The number of nitrogens with one attached hydrogen (secondary N) is 1. The van der Waals surface area contributed by atoms with Crippen LogP contribution in [-0.2, 0) is 14.3 Å². The van der Waals surface area contributed by atoms with Gasteiger partial charge in [-0.3, -0.25) is 14.9 Å². The summed E-state index contributed by atoms with van der Waals surface area (Å²) >= 11 is 0. The lowest BCUT2D eigenvalue weighted by atomic mass is 10.0. The second-order valence-corrected chi connectivity index (χ2v) is 4.16. The fourth-order valence-electron chi connectivity index (χ4n) is 1.32. The molecule has 2 atom stereocenters. The van der Waals surface area contributed by atoms with Gasteiger partial charge in [0, 0.05) is 0 Å². The van der Waals surface area contributed by atoms with Gasteiger partial charge in [-0.05, 0) is 26.2 Å². The van der Waals surface area contributed by atoms with Crippen LogP contribution in [0, 0.1) is 5.92 Å². The Labute approximate surface area is 96.2 Å². The van der Waals surface area contributed by atoms with Crippen LogP contribution >= 0.6 is 0 Å². The van der Waals surface area contributed by atoms with Gasteiger partial charge in [0.15, 0.2) is 0 Å². The summed E-state index contributed by atoms with van der Waals surface area (Å²) in [6.07, 6.45) is 0.566. The number of hydrogen-bond acceptors (Lipinski definition) is 4. The number of carboxylic acids is 1. The van der Waals surface area contributed by atoms with Gasteiger partial charge in [-0.1, -0.05) is 13.8 Å². The highest BCUT2D eigenvalue weighted by molar-refractivity contribution is 5.78. The molecule has 0 radical (unpaired) electrons. The number of carbonyl (C=O) groups is 2. The van der Waals surface area contributed by atoms with Crippen LogP contribution in [0.5, 0.6) is 0 Å².